The molecule has 0 saturated heterocycles. The minimum absolute atomic E-state index is 0.0923. The first kappa shape index (κ1) is 18.1. The number of nitrogens with one attached hydrogen (secondary N) is 2. The number of ether oxygens (including phenoxy) is 2. The summed E-state index contributed by atoms with van der Waals surface area (Å²) < 4.78 is 11.3. The van der Waals surface area contributed by atoms with Gasteiger partial charge in [0.25, 0.3) is 0 Å². The highest BCUT2D eigenvalue weighted by molar-refractivity contribution is 5.85. The molecule has 0 aromatic heterocycles. The van der Waals surface area contributed by atoms with Gasteiger partial charge in [-0.15, -0.1) is 0 Å². The van der Waals surface area contributed by atoms with Crippen LogP contribution in [0.5, 0.6) is 11.5 Å². The third-order valence-corrected chi connectivity index (χ3v) is 3.98. The van der Waals surface area contributed by atoms with Crippen LogP contribution in [-0.4, -0.2) is 38.1 Å². The van der Waals surface area contributed by atoms with E-state index in [4.69, 9.17) is 15.2 Å². The lowest BCUT2D eigenvalue weighted by Gasteiger charge is -2.18. The Bertz CT molecular complexity index is 571. The molecule has 0 heterocycles. The number of methoxy groups -OCH3 is 1. The number of carbonyl (C=O) groups excluding carboxylic acids is 2. The average molecular weight is 335 g/mol. The zero-order valence-corrected chi connectivity index (χ0v) is 14.0. The molecule has 0 bridgehead atoms. The van der Waals surface area contributed by atoms with Crippen LogP contribution in [-0.2, 0) is 16.1 Å². The molecule has 0 atom stereocenters. The van der Waals surface area contributed by atoms with Gasteiger partial charge in [-0.3, -0.25) is 9.59 Å². The lowest BCUT2D eigenvalue weighted by molar-refractivity contribution is -0.125. The second kappa shape index (κ2) is 9.12. The number of hydrogen-bond donors (Lipinski definition) is 3. The van der Waals surface area contributed by atoms with E-state index < -0.39 is 0 Å². The summed E-state index contributed by atoms with van der Waals surface area (Å²) in [5.41, 5.74) is 6.05. The molecule has 2 amide bonds. The van der Waals surface area contributed by atoms with Crippen LogP contribution in [0.15, 0.2) is 18.2 Å². The normalized spacial score (nSPS) is 14.2. The van der Waals surface area contributed by atoms with Crippen LogP contribution in [0, 0.1) is 0 Å². The highest BCUT2D eigenvalue weighted by Crippen LogP contribution is 2.29. The summed E-state index contributed by atoms with van der Waals surface area (Å²) in [7, 11) is 1.61. The van der Waals surface area contributed by atoms with Gasteiger partial charge in [0, 0.05) is 18.2 Å². The van der Waals surface area contributed by atoms with E-state index in [1.807, 2.05) is 18.2 Å². The van der Waals surface area contributed by atoms with Crippen molar-refractivity contribution >= 4 is 11.8 Å². The summed E-state index contributed by atoms with van der Waals surface area (Å²) in [6.07, 6.45) is 4.68. The van der Waals surface area contributed by atoms with Gasteiger partial charge in [-0.1, -0.05) is 0 Å². The van der Waals surface area contributed by atoms with Gasteiger partial charge in [0.05, 0.1) is 26.3 Å². The van der Waals surface area contributed by atoms with E-state index >= 15 is 0 Å². The van der Waals surface area contributed by atoms with Gasteiger partial charge >= 0.3 is 0 Å². The third kappa shape index (κ3) is 5.42. The molecule has 0 aliphatic heterocycles. The topological polar surface area (TPSA) is 103 Å². The number of hydrogen-bond acceptors (Lipinski definition) is 5. The lowest BCUT2D eigenvalue weighted by atomic mass is 10.1. The van der Waals surface area contributed by atoms with Gasteiger partial charge in [0.15, 0.2) is 0 Å². The lowest BCUT2D eigenvalue weighted by Crippen LogP contribution is -2.39. The molecule has 132 valence electrons. The van der Waals surface area contributed by atoms with E-state index in [9.17, 15) is 9.59 Å². The predicted octanol–water partition coefficient (Wildman–Crippen LogP) is 0.708. The fourth-order valence-corrected chi connectivity index (χ4v) is 2.61. The van der Waals surface area contributed by atoms with E-state index in [-0.39, 0.29) is 31.0 Å². The van der Waals surface area contributed by atoms with Gasteiger partial charge in [0.1, 0.15) is 11.5 Å². The summed E-state index contributed by atoms with van der Waals surface area (Å²) in [5, 5.41) is 5.20. The maximum atomic E-state index is 11.8. The second-order valence-electron chi connectivity index (χ2n) is 5.76. The van der Waals surface area contributed by atoms with Crippen molar-refractivity contribution in [2.24, 2.45) is 5.73 Å². The van der Waals surface area contributed by atoms with Gasteiger partial charge in [-0.2, -0.15) is 0 Å². The van der Waals surface area contributed by atoms with Crippen molar-refractivity contribution in [1.29, 1.82) is 0 Å². The Morgan fingerprint density at radius 1 is 1.21 bits per heavy atom. The molecule has 1 aromatic rings. The summed E-state index contributed by atoms with van der Waals surface area (Å²) in [5.74, 6) is 0.806. The monoisotopic (exact) mass is 335 g/mol. The number of carbonyl (C=O) groups is 2. The highest BCUT2D eigenvalue weighted by atomic mass is 16.5. The minimum atomic E-state index is -0.361. The van der Waals surface area contributed by atoms with Crippen LogP contribution in [0.25, 0.3) is 0 Å². The molecule has 4 N–H and O–H groups in total. The van der Waals surface area contributed by atoms with Crippen molar-refractivity contribution < 1.29 is 19.1 Å². The molecule has 1 aromatic carbocycles. The Hall–Kier alpha value is -2.28. The first-order chi connectivity index (χ1) is 11.6. The van der Waals surface area contributed by atoms with Crippen LogP contribution < -0.4 is 25.8 Å². The quantitative estimate of drug-likeness (QED) is 0.649. The van der Waals surface area contributed by atoms with E-state index in [0.717, 1.165) is 24.2 Å². The number of benzene rings is 1. The minimum Gasteiger partial charge on any atom is -0.497 e. The summed E-state index contributed by atoms with van der Waals surface area (Å²) in [6, 6.07) is 5.55. The van der Waals surface area contributed by atoms with Crippen LogP contribution in [0.1, 0.15) is 31.2 Å². The number of amides is 2. The van der Waals surface area contributed by atoms with E-state index in [0.29, 0.717) is 12.3 Å². The Morgan fingerprint density at radius 3 is 2.62 bits per heavy atom. The average Bonchev–Trinajstić information content (AvgIpc) is 3.11. The standard InChI is InChI=1S/C17H25N3O4/c1-23-14-7-6-12(10-19-17(22)11-20-16(21)9-18)15(8-14)24-13-4-2-3-5-13/h6-8,13H,2-5,9-11,18H2,1H3,(H,19,22)(H,20,21). The molecule has 0 spiro atoms. The first-order valence-electron chi connectivity index (χ1n) is 8.19. The van der Waals surface area contributed by atoms with Gasteiger partial charge in [-0.05, 0) is 37.8 Å². The van der Waals surface area contributed by atoms with Crippen LogP contribution in [0.3, 0.4) is 0 Å². The predicted molar refractivity (Wildman–Crippen MR) is 89.8 cm³/mol. The largest absolute Gasteiger partial charge is 0.497 e. The fraction of sp³-hybridized carbons (Fsp3) is 0.529. The Labute approximate surface area is 141 Å². The second-order valence-corrected chi connectivity index (χ2v) is 5.76. The van der Waals surface area contributed by atoms with Crippen LogP contribution in [0.2, 0.25) is 0 Å². The van der Waals surface area contributed by atoms with Crippen molar-refractivity contribution in [3.05, 3.63) is 23.8 Å². The summed E-state index contributed by atoms with van der Waals surface area (Å²) >= 11 is 0. The molecule has 7 heteroatoms. The maximum absolute atomic E-state index is 11.8. The zero-order valence-electron chi connectivity index (χ0n) is 14.0. The molecule has 0 unspecified atom stereocenters. The Morgan fingerprint density at radius 2 is 1.96 bits per heavy atom. The Balaban J connectivity index is 1.94. The molecular weight excluding hydrogens is 310 g/mol. The van der Waals surface area contributed by atoms with Crippen LogP contribution in [0.4, 0.5) is 0 Å². The molecule has 7 nitrogen and oxygen atoms in total. The number of nitrogens with two attached hydrogens (primary N) is 1. The maximum Gasteiger partial charge on any atom is 0.239 e. The molecular formula is C17H25N3O4. The van der Waals surface area contributed by atoms with Gasteiger partial charge in [-0.25, -0.2) is 0 Å². The van der Waals surface area contributed by atoms with Gasteiger partial charge in [0.2, 0.25) is 11.8 Å². The number of rotatable bonds is 8. The molecule has 1 saturated carbocycles. The highest BCUT2D eigenvalue weighted by Gasteiger charge is 2.18. The molecule has 1 aliphatic rings. The van der Waals surface area contributed by atoms with Gasteiger partial charge < -0.3 is 25.8 Å². The van der Waals surface area contributed by atoms with Crippen molar-refractivity contribution in [1.82, 2.24) is 10.6 Å². The third-order valence-electron chi connectivity index (χ3n) is 3.98. The SMILES string of the molecule is COc1ccc(CNC(=O)CNC(=O)CN)c(OC2CCCC2)c1. The molecule has 0 radical (unpaired) electrons. The van der Waals surface area contributed by atoms with E-state index in [1.165, 1.54) is 12.8 Å². The van der Waals surface area contributed by atoms with Crippen molar-refractivity contribution in [3.63, 3.8) is 0 Å². The van der Waals surface area contributed by atoms with Crippen LogP contribution >= 0.6 is 0 Å². The van der Waals surface area contributed by atoms with Crippen molar-refractivity contribution in [3.8, 4) is 11.5 Å². The van der Waals surface area contributed by atoms with E-state index in [2.05, 4.69) is 10.6 Å². The van der Waals surface area contributed by atoms with Crippen molar-refractivity contribution in [2.45, 2.75) is 38.3 Å². The summed E-state index contributed by atoms with van der Waals surface area (Å²) in [6.45, 7) is 0.0967. The first-order valence-corrected chi connectivity index (χ1v) is 8.19. The van der Waals surface area contributed by atoms with Crippen molar-refractivity contribution in [2.75, 3.05) is 20.2 Å². The molecule has 2 rings (SSSR count). The molecule has 24 heavy (non-hydrogen) atoms. The summed E-state index contributed by atoms with van der Waals surface area (Å²) in [4.78, 5) is 22.8. The fourth-order valence-electron chi connectivity index (χ4n) is 2.61. The molecule has 1 fully saturated rings. The zero-order chi connectivity index (χ0) is 17.4. The molecule has 1 aliphatic carbocycles. The Kier molecular flexibility index (Phi) is 6.87. The smallest absolute Gasteiger partial charge is 0.239 e. The van der Waals surface area contributed by atoms with E-state index in [1.54, 1.807) is 7.11 Å².